The van der Waals surface area contributed by atoms with E-state index in [1.54, 1.807) is 0 Å². The van der Waals surface area contributed by atoms with Gasteiger partial charge < -0.3 is 0 Å². The average Bonchev–Trinajstić information content (AvgIpc) is 2.33. The van der Waals surface area contributed by atoms with Crippen LogP contribution in [0.25, 0.3) is 0 Å². The molecule has 0 N–H and O–H groups in total. The third-order valence-electron chi connectivity index (χ3n) is 4.48. The first kappa shape index (κ1) is 14.2. The summed E-state index contributed by atoms with van der Waals surface area (Å²) in [6, 6.07) is 6.10. The van der Waals surface area contributed by atoms with E-state index >= 15 is 0 Å². The number of hydrogen-bond donors (Lipinski definition) is 0. The van der Waals surface area contributed by atoms with Gasteiger partial charge in [0.05, 0.1) is 10.0 Å². The van der Waals surface area contributed by atoms with Gasteiger partial charge in [-0.15, -0.1) is 0 Å². The molecule has 1 aromatic rings. The molecule has 0 aliphatic heterocycles. The van der Waals surface area contributed by atoms with Crippen molar-refractivity contribution in [3.05, 3.63) is 33.8 Å². The highest BCUT2D eigenvalue weighted by Gasteiger charge is 2.41. The van der Waals surface area contributed by atoms with Gasteiger partial charge in [0.2, 0.25) is 0 Å². The number of rotatable bonds is 2. The summed E-state index contributed by atoms with van der Waals surface area (Å²) in [5.41, 5.74) is 1.40. The van der Waals surface area contributed by atoms with Crippen LogP contribution in [0, 0.1) is 5.92 Å². The monoisotopic (exact) mass is 285 g/mol. The second kappa shape index (κ2) is 5.40. The molecule has 0 amide bonds. The smallest absolute Gasteiger partial charge is 0.0595 e. The third-order valence-corrected chi connectivity index (χ3v) is 5.22. The Morgan fingerprint density at radius 2 is 1.89 bits per heavy atom. The molecule has 0 unspecified atom stereocenters. The maximum atomic E-state index is 6.20. The second-order valence-corrected chi connectivity index (χ2v) is 6.41. The number of nitrogens with zero attached hydrogens (tertiary/aromatic N) is 1. The van der Waals surface area contributed by atoms with Crippen LogP contribution in [0.2, 0.25) is 10.0 Å². The molecule has 0 bridgehead atoms. The zero-order valence-corrected chi connectivity index (χ0v) is 12.9. The molecule has 3 heteroatoms. The van der Waals surface area contributed by atoms with Crippen molar-refractivity contribution in [3.63, 3.8) is 0 Å². The normalized spacial score (nSPS) is 28.7. The van der Waals surface area contributed by atoms with Gasteiger partial charge in [-0.1, -0.05) is 49.0 Å². The van der Waals surface area contributed by atoms with Crippen molar-refractivity contribution in [3.8, 4) is 0 Å². The summed E-state index contributed by atoms with van der Waals surface area (Å²) in [5.74, 6) is 0.637. The standard InChI is InChI=1S/C15H21Cl2N/c1-11-6-4-5-9-15(11,18(2)3)12-7-8-13(16)14(17)10-12/h7-8,10-11H,4-6,9H2,1-3H3/t11-,15+/m0/s1. The minimum Gasteiger partial charge on any atom is -0.299 e. The molecule has 0 aromatic heterocycles. The highest BCUT2D eigenvalue weighted by atomic mass is 35.5. The lowest BCUT2D eigenvalue weighted by Crippen LogP contribution is -2.48. The highest BCUT2D eigenvalue weighted by molar-refractivity contribution is 6.42. The molecular weight excluding hydrogens is 265 g/mol. The van der Waals surface area contributed by atoms with Gasteiger partial charge in [0.25, 0.3) is 0 Å². The lowest BCUT2D eigenvalue weighted by atomic mass is 9.69. The predicted octanol–water partition coefficient (Wildman–Crippen LogP) is 4.96. The molecule has 100 valence electrons. The van der Waals surface area contributed by atoms with Crippen molar-refractivity contribution < 1.29 is 0 Å². The summed E-state index contributed by atoms with van der Waals surface area (Å²) in [6.45, 7) is 2.35. The van der Waals surface area contributed by atoms with E-state index in [1.807, 2.05) is 12.1 Å². The van der Waals surface area contributed by atoms with Gasteiger partial charge >= 0.3 is 0 Å². The van der Waals surface area contributed by atoms with Gasteiger partial charge in [-0.05, 0) is 50.6 Å². The average molecular weight is 286 g/mol. The van der Waals surface area contributed by atoms with E-state index in [0.29, 0.717) is 16.0 Å². The lowest BCUT2D eigenvalue weighted by Gasteiger charge is -2.48. The molecule has 2 atom stereocenters. The molecule has 1 aliphatic rings. The van der Waals surface area contributed by atoms with Gasteiger partial charge in [-0.25, -0.2) is 0 Å². The van der Waals surface area contributed by atoms with Crippen molar-refractivity contribution in [2.45, 2.75) is 38.1 Å². The van der Waals surface area contributed by atoms with Crippen LogP contribution in [0.5, 0.6) is 0 Å². The van der Waals surface area contributed by atoms with E-state index in [2.05, 4.69) is 32.0 Å². The largest absolute Gasteiger partial charge is 0.299 e. The van der Waals surface area contributed by atoms with Crippen LogP contribution in [0.3, 0.4) is 0 Å². The molecule has 1 nitrogen and oxygen atoms in total. The van der Waals surface area contributed by atoms with Crippen LogP contribution in [0.4, 0.5) is 0 Å². The Morgan fingerprint density at radius 3 is 2.44 bits per heavy atom. The van der Waals surface area contributed by atoms with E-state index in [-0.39, 0.29) is 5.54 Å². The van der Waals surface area contributed by atoms with E-state index in [4.69, 9.17) is 23.2 Å². The molecule has 0 heterocycles. The van der Waals surface area contributed by atoms with Crippen LogP contribution in [-0.4, -0.2) is 19.0 Å². The summed E-state index contributed by atoms with van der Waals surface area (Å²) in [7, 11) is 4.34. The lowest BCUT2D eigenvalue weighted by molar-refractivity contribution is 0.0429. The quantitative estimate of drug-likeness (QED) is 0.742. The molecule has 1 saturated carbocycles. The fourth-order valence-electron chi connectivity index (χ4n) is 3.45. The summed E-state index contributed by atoms with van der Waals surface area (Å²) in [5, 5.41) is 1.30. The van der Waals surface area contributed by atoms with Crippen molar-refractivity contribution in [1.29, 1.82) is 0 Å². The molecule has 1 aromatic carbocycles. The molecule has 0 radical (unpaired) electrons. The zero-order chi connectivity index (χ0) is 13.3. The predicted molar refractivity (Wildman–Crippen MR) is 79.5 cm³/mol. The first-order valence-electron chi connectivity index (χ1n) is 6.61. The van der Waals surface area contributed by atoms with Crippen LogP contribution >= 0.6 is 23.2 Å². The summed E-state index contributed by atoms with van der Waals surface area (Å²) in [6.07, 6.45) is 5.08. The minimum absolute atomic E-state index is 0.104. The molecule has 2 rings (SSSR count). The molecule has 0 spiro atoms. The van der Waals surface area contributed by atoms with Crippen LogP contribution in [-0.2, 0) is 5.54 Å². The Labute approximate surface area is 120 Å². The number of benzene rings is 1. The Bertz CT molecular complexity index is 431. The molecular formula is C15H21Cl2N. The van der Waals surface area contributed by atoms with Crippen molar-refractivity contribution >= 4 is 23.2 Å². The Morgan fingerprint density at radius 1 is 1.17 bits per heavy atom. The zero-order valence-electron chi connectivity index (χ0n) is 11.3. The molecule has 0 saturated heterocycles. The first-order chi connectivity index (χ1) is 8.48. The number of hydrogen-bond acceptors (Lipinski definition) is 1. The summed E-state index contributed by atoms with van der Waals surface area (Å²) in [4.78, 5) is 2.36. The summed E-state index contributed by atoms with van der Waals surface area (Å²) >= 11 is 12.2. The fourth-order valence-corrected chi connectivity index (χ4v) is 3.75. The third kappa shape index (κ3) is 2.29. The van der Waals surface area contributed by atoms with Crippen molar-refractivity contribution in [2.75, 3.05) is 14.1 Å². The van der Waals surface area contributed by atoms with E-state index in [0.717, 1.165) is 0 Å². The number of halogens is 2. The maximum Gasteiger partial charge on any atom is 0.0595 e. The van der Waals surface area contributed by atoms with Gasteiger partial charge in [0, 0.05) is 5.54 Å². The van der Waals surface area contributed by atoms with Gasteiger partial charge in [-0.3, -0.25) is 4.90 Å². The van der Waals surface area contributed by atoms with E-state index in [1.165, 1.54) is 31.2 Å². The Balaban J connectivity index is 2.49. The Hall–Kier alpha value is -0.240. The van der Waals surface area contributed by atoms with Crippen LogP contribution in [0.1, 0.15) is 38.2 Å². The molecule has 18 heavy (non-hydrogen) atoms. The SMILES string of the molecule is C[C@H]1CCCC[C@@]1(c1ccc(Cl)c(Cl)c1)N(C)C. The molecule has 1 fully saturated rings. The second-order valence-electron chi connectivity index (χ2n) is 5.59. The van der Waals surface area contributed by atoms with Crippen molar-refractivity contribution in [1.82, 2.24) is 4.90 Å². The van der Waals surface area contributed by atoms with E-state index in [9.17, 15) is 0 Å². The Kier molecular flexibility index (Phi) is 4.25. The topological polar surface area (TPSA) is 3.24 Å². The van der Waals surface area contributed by atoms with Crippen molar-refractivity contribution in [2.24, 2.45) is 5.92 Å². The minimum atomic E-state index is 0.104. The molecule has 1 aliphatic carbocycles. The summed E-state index contributed by atoms with van der Waals surface area (Å²) < 4.78 is 0. The van der Waals surface area contributed by atoms with Gasteiger partial charge in [0.1, 0.15) is 0 Å². The van der Waals surface area contributed by atoms with Crippen LogP contribution < -0.4 is 0 Å². The van der Waals surface area contributed by atoms with Gasteiger partial charge in [0.15, 0.2) is 0 Å². The maximum absolute atomic E-state index is 6.20. The first-order valence-corrected chi connectivity index (χ1v) is 7.37. The van der Waals surface area contributed by atoms with Crippen LogP contribution in [0.15, 0.2) is 18.2 Å². The van der Waals surface area contributed by atoms with Gasteiger partial charge in [-0.2, -0.15) is 0 Å². The van der Waals surface area contributed by atoms with E-state index < -0.39 is 0 Å². The fraction of sp³-hybridized carbons (Fsp3) is 0.600. The highest BCUT2D eigenvalue weighted by Crippen LogP contribution is 2.46.